The van der Waals surface area contributed by atoms with Crippen molar-refractivity contribution in [3.63, 3.8) is 0 Å². The summed E-state index contributed by atoms with van der Waals surface area (Å²) in [6, 6.07) is 19.2. The molecule has 6 atom stereocenters. The second kappa shape index (κ2) is 8.94. The molecule has 0 unspecified atom stereocenters. The summed E-state index contributed by atoms with van der Waals surface area (Å²) in [5.74, 6) is -0.355. The number of hydrogen-bond acceptors (Lipinski definition) is 5. The summed E-state index contributed by atoms with van der Waals surface area (Å²) in [4.78, 5) is 35.8. The number of aryl methyl sites for hydroxylation is 2. The number of amides is 2. The molecule has 0 aliphatic carbocycles. The minimum Gasteiger partial charge on any atom is -0.630 e. The van der Waals surface area contributed by atoms with Crippen molar-refractivity contribution in [3.8, 4) is 0 Å². The molecule has 5 heterocycles. The van der Waals surface area contributed by atoms with Gasteiger partial charge in [-0.15, -0.1) is 0 Å². The lowest BCUT2D eigenvalue weighted by molar-refractivity contribution is -0.905. The second-order valence-electron chi connectivity index (χ2n) is 11.7. The van der Waals surface area contributed by atoms with E-state index in [9.17, 15) is 20.0 Å². The smallest absolute Gasteiger partial charge is 0.290 e. The van der Waals surface area contributed by atoms with E-state index in [-0.39, 0.29) is 11.8 Å². The summed E-state index contributed by atoms with van der Waals surface area (Å²) in [6.07, 6.45) is 0.720. The molecule has 7 rings (SSSR count). The third kappa shape index (κ3) is 3.38. The van der Waals surface area contributed by atoms with E-state index in [1.54, 1.807) is 21.9 Å². The van der Waals surface area contributed by atoms with E-state index >= 15 is 0 Å². The van der Waals surface area contributed by atoms with Gasteiger partial charge >= 0.3 is 0 Å². The van der Waals surface area contributed by atoms with Crippen molar-refractivity contribution >= 4 is 23.2 Å². The topological polar surface area (TPSA) is 99.6 Å². The van der Waals surface area contributed by atoms with Crippen molar-refractivity contribution in [1.82, 2.24) is 4.98 Å². The summed E-state index contributed by atoms with van der Waals surface area (Å²) in [7, 11) is 0. The van der Waals surface area contributed by atoms with E-state index in [4.69, 9.17) is 4.98 Å². The number of fused-ring (bicyclic) bond motifs is 2. The average molecular weight is 540 g/mol. The highest BCUT2D eigenvalue weighted by atomic mass is 16.6. The number of carbonyl (C=O) groups is 2. The van der Waals surface area contributed by atoms with E-state index < -0.39 is 33.7 Å². The van der Waals surface area contributed by atoms with Crippen molar-refractivity contribution < 1.29 is 18.9 Å². The van der Waals surface area contributed by atoms with Gasteiger partial charge in [0.15, 0.2) is 12.1 Å². The highest BCUT2D eigenvalue weighted by Crippen LogP contribution is 2.51. The lowest BCUT2D eigenvalue weighted by Crippen LogP contribution is -2.47. The van der Waals surface area contributed by atoms with Gasteiger partial charge in [-0.25, -0.2) is 4.98 Å². The summed E-state index contributed by atoms with van der Waals surface area (Å²) < 4.78 is -1.34. The van der Waals surface area contributed by atoms with Crippen molar-refractivity contribution in [2.45, 2.75) is 63.9 Å². The maximum absolute atomic E-state index is 14.5. The van der Waals surface area contributed by atoms with Gasteiger partial charge in [0.2, 0.25) is 12.3 Å². The Hall–Kier alpha value is -3.63. The molecule has 0 radical (unpaired) electrons. The van der Waals surface area contributed by atoms with Crippen LogP contribution in [0, 0.1) is 24.3 Å². The zero-order valence-electron chi connectivity index (χ0n) is 22.8. The Morgan fingerprint density at radius 3 is 1.52 bits per heavy atom. The SMILES string of the molecule is Cc1ccccc1N1C(=O)[C@@H]2CCC[N@+]2([O-])[C@H]1c1cccc([C@H]2N(c3ccccc3C)C(=O)[C@@H]3CCC[N@@+]32[O-])n1. The molecular formula is C31H33N5O4. The van der Waals surface area contributed by atoms with E-state index in [2.05, 4.69) is 0 Å². The van der Waals surface area contributed by atoms with Crippen LogP contribution in [-0.2, 0) is 9.59 Å². The first-order valence-electron chi connectivity index (χ1n) is 14.2. The zero-order chi connectivity index (χ0) is 27.8. The summed E-state index contributed by atoms with van der Waals surface area (Å²) in [6.45, 7) is 4.53. The Labute approximate surface area is 233 Å². The number of quaternary nitrogens is 2. The predicted octanol–water partition coefficient (Wildman–Crippen LogP) is 4.74. The summed E-state index contributed by atoms with van der Waals surface area (Å²) in [5.41, 5.74) is 4.13. The predicted molar refractivity (Wildman–Crippen MR) is 150 cm³/mol. The lowest BCUT2D eigenvalue weighted by atomic mass is 10.1. The Bertz CT molecular complexity index is 1420. The van der Waals surface area contributed by atoms with Crippen molar-refractivity contribution in [1.29, 1.82) is 0 Å². The fourth-order valence-electron chi connectivity index (χ4n) is 7.61. The fraction of sp³-hybridized carbons (Fsp3) is 0.387. The fourth-order valence-corrected chi connectivity index (χ4v) is 7.61. The van der Waals surface area contributed by atoms with Gasteiger partial charge in [-0.05, 0) is 49.2 Å². The molecule has 0 N–H and O–H groups in total. The van der Waals surface area contributed by atoms with Crippen molar-refractivity contribution in [2.24, 2.45) is 0 Å². The monoisotopic (exact) mass is 539 g/mol. The van der Waals surface area contributed by atoms with Crippen LogP contribution in [0.15, 0.2) is 66.7 Å². The van der Waals surface area contributed by atoms with Crippen LogP contribution in [0.3, 0.4) is 0 Å². The van der Waals surface area contributed by atoms with Crippen LogP contribution in [0.2, 0.25) is 0 Å². The first kappa shape index (κ1) is 25.3. The molecule has 0 bridgehead atoms. The molecule has 4 aliphatic heterocycles. The van der Waals surface area contributed by atoms with E-state index in [0.29, 0.717) is 61.5 Å². The Balaban J connectivity index is 1.38. The summed E-state index contributed by atoms with van der Waals surface area (Å²) >= 11 is 0. The molecule has 9 nitrogen and oxygen atoms in total. The van der Waals surface area contributed by atoms with Crippen LogP contribution >= 0.6 is 0 Å². The normalized spacial score (nSPS) is 33.1. The summed E-state index contributed by atoms with van der Waals surface area (Å²) in [5, 5.41) is 28.9. The Morgan fingerprint density at radius 2 is 1.10 bits per heavy atom. The van der Waals surface area contributed by atoms with E-state index in [1.807, 2.05) is 68.4 Å². The van der Waals surface area contributed by atoms with Crippen molar-refractivity contribution in [2.75, 3.05) is 22.9 Å². The molecule has 1 aromatic heterocycles. The molecule has 9 heteroatoms. The standard InChI is InChI=1S/C31H33N5O4/c1-20-10-3-5-14-24(20)33-28(35(39)18-8-16-26(35)30(33)37)22-12-7-13-23(32-22)29-34(25-15-6-4-11-21(25)2)31(38)27-17-9-19-36(27,29)40/h3-7,10-15,26-29H,8-9,16-19H2,1-2H3/t26-,27-,28-,29-,35+,36+/m0/s1. The number of pyridine rings is 1. The zero-order valence-corrected chi connectivity index (χ0v) is 22.8. The second-order valence-corrected chi connectivity index (χ2v) is 11.7. The number of hydrogen-bond donors (Lipinski definition) is 0. The van der Waals surface area contributed by atoms with Gasteiger partial charge in [0.05, 0.1) is 24.5 Å². The minimum absolute atomic E-state index is 0.177. The maximum atomic E-state index is 14.5. The highest BCUT2D eigenvalue weighted by Gasteiger charge is 2.61. The van der Waals surface area contributed by atoms with Crippen LogP contribution in [-0.4, -0.2) is 51.3 Å². The number of aromatic nitrogens is 1. The largest absolute Gasteiger partial charge is 0.630 e. The maximum Gasteiger partial charge on any atom is 0.290 e. The van der Waals surface area contributed by atoms with Gasteiger partial charge in [0, 0.05) is 25.7 Å². The number of nitrogens with zero attached hydrogens (tertiary/aromatic N) is 5. The van der Waals surface area contributed by atoms with Gasteiger partial charge < -0.3 is 19.7 Å². The van der Waals surface area contributed by atoms with Gasteiger partial charge in [-0.3, -0.25) is 19.4 Å². The Morgan fingerprint density at radius 1 is 0.675 bits per heavy atom. The molecule has 2 aromatic carbocycles. The lowest BCUT2D eigenvalue weighted by Gasteiger charge is -2.45. The molecule has 3 aromatic rings. The van der Waals surface area contributed by atoms with Gasteiger partial charge in [0.1, 0.15) is 11.4 Å². The molecule has 40 heavy (non-hydrogen) atoms. The molecule has 2 amide bonds. The first-order valence-corrected chi connectivity index (χ1v) is 14.2. The molecule has 0 spiro atoms. The average Bonchev–Trinajstić information content (AvgIpc) is 3.63. The molecular weight excluding hydrogens is 506 g/mol. The number of benzene rings is 2. The molecule has 4 saturated heterocycles. The third-order valence-corrected chi connectivity index (χ3v) is 9.46. The first-order chi connectivity index (χ1) is 19.3. The van der Waals surface area contributed by atoms with Gasteiger partial charge in [-0.2, -0.15) is 0 Å². The molecule has 0 saturated carbocycles. The number of anilines is 2. The van der Waals surface area contributed by atoms with Crippen LogP contribution in [0.5, 0.6) is 0 Å². The van der Waals surface area contributed by atoms with Crippen LogP contribution in [0.25, 0.3) is 0 Å². The molecule has 206 valence electrons. The van der Waals surface area contributed by atoms with E-state index in [1.165, 1.54) is 0 Å². The molecule has 4 fully saturated rings. The van der Waals surface area contributed by atoms with Gasteiger partial charge in [-0.1, -0.05) is 42.5 Å². The van der Waals surface area contributed by atoms with Crippen LogP contribution in [0.4, 0.5) is 11.4 Å². The molecule has 4 aliphatic rings. The highest BCUT2D eigenvalue weighted by molar-refractivity contribution is 6.00. The van der Waals surface area contributed by atoms with Crippen molar-refractivity contribution in [3.05, 3.63) is 99.7 Å². The number of hydroxylamine groups is 6. The van der Waals surface area contributed by atoms with Crippen LogP contribution < -0.4 is 9.80 Å². The quantitative estimate of drug-likeness (QED) is 0.352. The third-order valence-electron chi connectivity index (χ3n) is 9.46. The van der Waals surface area contributed by atoms with E-state index in [0.717, 1.165) is 11.1 Å². The number of carbonyl (C=O) groups excluding carboxylic acids is 2. The Kier molecular flexibility index (Phi) is 5.66. The van der Waals surface area contributed by atoms with Gasteiger partial charge in [0.25, 0.3) is 11.8 Å². The number of rotatable bonds is 4. The van der Waals surface area contributed by atoms with Crippen LogP contribution in [0.1, 0.15) is 60.5 Å². The minimum atomic E-state index is -0.862. The number of para-hydroxylation sites is 2.